The van der Waals surface area contributed by atoms with E-state index < -0.39 is 16.1 Å². The molecule has 0 rings (SSSR count). The van der Waals surface area contributed by atoms with Crippen LogP contribution in [0.3, 0.4) is 0 Å². The standard InChI is InChI=1S/2C9H22Si/c1-8(2)10(6,7)9(3,4)5;1-6-10(7-2,8-3)9(4)5/h8H,1-7H3;9H,6-8H2,1-5H3. The van der Waals surface area contributed by atoms with Crippen LogP contribution in [0.2, 0.25) is 47.3 Å². The quantitative estimate of drug-likeness (QED) is 0.454. The summed E-state index contributed by atoms with van der Waals surface area (Å²) >= 11 is 0. The molecule has 0 saturated carbocycles. The smallest absolute Gasteiger partial charge is 0.0553 e. The van der Waals surface area contributed by atoms with Crippen LogP contribution in [0.4, 0.5) is 0 Å². The molecule has 0 aliphatic rings. The summed E-state index contributed by atoms with van der Waals surface area (Å²) in [5.41, 5.74) is 1.87. The van der Waals surface area contributed by atoms with Crippen LogP contribution in [0.25, 0.3) is 0 Å². The van der Waals surface area contributed by atoms with Crippen molar-refractivity contribution in [2.45, 2.75) is 117 Å². The summed E-state index contributed by atoms with van der Waals surface area (Å²) in [6, 6.07) is 4.41. The second-order valence-electron chi connectivity index (χ2n) is 8.70. The highest BCUT2D eigenvalue weighted by molar-refractivity contribution is 6.81. The summed E-state index contributed by atoms with van der Waals surface area (Å²) in [4.78, 5) is 0. The van der Waals surface area contributed by atoms with Gasteiger partial charge >= 0.3 is 0 Å². The molecular weight excluding hydrogens is 272 g/mol. The largest absolute Gasteiger partial charge is 0.0688 e. The summed E-state index contributed by atoms with van der Waals surface area (Å²) in [6.45, 7) is 28.7. The Morgan fingerprint density at radius 3 is 1.00 bits per heavy atom. The van der Waals surface area contributed by atoms with Crippen molar-refractivity contribution in [1.29, 1.82) is 0 Å². The summed E-state index contributed by atoms with van der Waals surface area (Å²) in [6.07, 6.45) is 0. The molecule has 0 radical (unpaired) electrons. The van der Waals surface area contributed by atoms with Gasteiger partial charge in [0.15, 0.2) is 0 Å². The molecule has 20 heavy (non-hydrogen) atoms. The minimum Gasteiger partial charge on any atom is -0.0688 e. The lowest BCUT2D eigenvalue weighted by molar-refractivity contribution is 0.695. The van der Waals surface area contributed by atoms with Gasteiger partial charge in [0.1, 0.15) is 0 Å². The van der Waals surface area contributed by atoms with E-state index in [4.69, 9.17) is 0 Å². The van der Waals surface area contributed by atoms with Gasteiger partial charge in [-0.25, -0.2) is 0 Å². The van der Waals surface area contributed by atoms with E-state index in [2.05, 4.69) is 82.3 Å². The van der Waals surface area contributed by atoms with E-state index in [0.717, 1.165) is 11.1 Å². The first-order valence-electron chi connectivity index (χ1n) is 8.82. The van der Waals surface area contributed by atoms with Gasteiger partial charge in [0.25, 0.3) is 0 Å². The van der Waals surface area contributed by atoms with Crippen molar-refractivity contribution in [3.63, 3.8) is 0 Å². The normalized spacial score (nSPS) is 13.5. The minimum atomic E-state index is -0.982. The Labute approximate surface area is 133 Å². The predicted molar refractivity (Wildman–Crippen MR) is 105 cm³/mol. The predicted octanol–water partition coefficient (Wildman–Crippen LogP) is 7.81. The topological polar surface area (TPSA) is 0 Å². The molecule has 0 atom stereocenters. The Kier molecular flexibility index (Phi) is 9.96. The molecule has 0 amide bonds. The highest BCUT2D eigenvalue weighted by Gasteiger charge is 2.37. The molecule has 0 saturated heterocycles. The fraction of sp³-hybridized carbons (Fsp3) is 1.00. The van der Waals surface area contributed by atoms with E-state index in [1.807, 2.05) is 0 Å². The summed E-state index contributed by atoms with van der Waals surface area (Å²) < 4.78 is 0. The van der Waals surface area contributed by atoms with Crippen molar-refractivity contribution >= 4 is 16.1 Å². The van der Waals surface area contributed by atoms with Crippen LogP contribution < -0.4 is 0 Å². The molecular formula is C18H44Si2. The Morgan fingerprint density at radius 1 is 0.700 bits per heavy atom. The van der Waals surface area contributed by atoms with Crippen LogP contribution in [0.15, 0.2) is 0 Å². The van der Waals surface area contributed by atoms with Crippen molar-refractivity contribution in [2.24, 2.45) is 0 Å². The maximum Gasteiger partial charge on any atom is 0.0553 e. The van der Waals surface area contributed by atoms with Crippen molar-refractivity contribution in [1.82, 2.24) is 0 Å². The van der Waals surface area contributed by atoms with Crippen molar-refractivity contribution < 1.29 is 0 Å². The molecule has 0 aliphatic carbocycles. The second kappa shape index (κ2) is 8.77. The van der Waals surface area contributed by atoms with Crippen LogP contribution in [-0.4, -0.2) is 16.1 Å². The third kappa shape index (κ3) is 6.05. The van der Waals surface area contributed by atoms with E-state index in [0.29, 0.717) is 5.04 Å². The molecule has 0 aromatic carbocycles. The maximum atomic E-state index is 2.48. The average molecular weight is 317 g/mol. The molecule has 0 aliphatic heterocycles. The maximum absolute atomic E-state index is 2.48. The van der Waals surface area contributed by atoms with E-state index in [1.165, 1.54) is 18.1 Å². The van der Waals surface area contributed by atoms with Crippen LogP contribution in [-0.2, 0) is 0 Å². The van der Waals surface area contributed by atoms with Crippen molar-refractivity contribution in [3.05, 3.63) is 0 Å². The van der Waals surface area contributed by atoms with Gasteiger partial charge in [-0.2, -0.15) is 0 Å². The van der Waals surface area contributed by atoms with Crippen LogP contribution in [0.1, 0.15) is 69.2 Å². The second-order valence-corrected chi connectivity index (χ2v) is 20.8. The number of rotatable bonds is 5. The first-order chi connectivity index (χ1) is 8.82. The molecule has 0 fully saturated rings. The molecule has 2 heteroatoms. The van der Waals surface area contributed by atoms with Crippen LogP contribution in [0.5, 0.6) is 0 Å². The first-order valence-corrected chi connectivity index (χ1v) is 14.6. The Balaban J connectivity index is 0. The van der Waals surface area contributed by atoms with E-state index in [9.17, 15) is 0 Å². The van der Waals surface area contributed by atoms with E-state index in [1.54, 1.807) is 0 Å². The summed E-state index contributed by atoms with van der Waals surface area (Å²) in [5, 5.41) is 0.557. The van der Waals surface area contributed by atoms with Gasteiger partial charge < -0.3 is 0 Å². The highest BCUT2D eigenvalue weighted by atomic mass is 28.3. The van der Waals surface area contributed by atoms with E-state index in [-0.39, 0.29) is 0 Å². The highest BCUT2D eigenvalue weighted by Crippen LogP contribution is 2.42. The first kappa shape index (κ1) is 22.7. The Hall–Kier alpha value is 0.434. The van der Waals surface area contributed by atoms with Gasteiger partial charge in [-0.1, -0.05) is 112 Å². The van der Waals surface area contributed by atoms with Gasteiger partial charge in [-0.05, 0) is 5.04 Å². The zero-order valence-corrected chi connectivity index (χ0v) is 18.8. The fourth-order valence-electron chi connectivity index (χ4n) is 2.84. The van der Waals surface area contributed by atoms with Gasteiger partial charge in [0, 0.05) is 0 Å². The summed E-state index contributed by atoms with van der Waals surface area (Å²) in [7, 11) is -1.78. The fourth-order valence-corrected chi connectivity index (χ4v) is 8.52. The molecule has 0 aromatic rings. The molecule has 0 heterocycles. The van der Waals surface area contributed by atoms with Crippen molar-refractivity contribution in [3.8, 4) is 0 Å². The lowest BCUT2D eigenvalue weighted by Crippen LogP contribution is -2.39. The van der Waals surface area contributed by atoms with Crippen LogP contribution in [0, 0.1) is 0 Å². The van der Waals surface area contributed by atoms with Gasteiger partial charge in [0.2, 0.25) is 0 Å². The van der Waals surface area contributed by atoms with Gasteiger partial charge in [-0.15, -0.1) is 0 Å². The SMILES string of the molecule is CC(C)[Si](C)(C)C(C)(C)C.CC[Si](CC)(CC)C(C)C. The molecule has 0 aromatic heterocycles. The van der Waals surface area contributed by atoms with Crippen LogP contribution >= 0.6 is 0 Å². The lowest BCUT2D eigenvalue weighted by Gasteiger charge is -2.40. The number of hydrogen-bond acceptors (Lipinski definition) is 0. The van der Waals surface area contributed by atoms with Gasteiger partial charge in [-0.3, -0.25) is 0 Å². The minimum absolute atomic E-state index is 0.557. The van der Waals surface area contributed by atoms with E-state index >= 15 is 0 Å². The Morgan fingerprint density at radius 2 is 1.00 bits per heavy atom. The third-order valence-electron chi connectivity index (χ3n) is 6.71. The number of hydrogen-bond donors (Lipinski definition) is 0. The molecule has 0 bridgehead atoms. The zero-order chi connectivity index (χ0) is 16.8. The van der Waals surface area contributed by atoms with Crippen molar-refractivity contribution in [2.75, 3.05) is 0 Å². The van der Waals surface area contributed by atoms with Gasteiger partial charge in [0.05, 0.1) is 16.1 Å². The zero-order valence-electron chi connectivity index (χ0n) is 16.8. The molecule has 0 spiro atoms. The molecule has 0 N–H and O–H groups in total. The lowest BCUT2D eigenvalue weighted by atomic mass is 10.2. The average Bonchev–Trinajstić information content (AvgIpc) is 2.30. The third-order valence-corrected chi connectivity index (χ3v) is 20.1. The Bertz CT molecular complexity index is 228. The summed E-state index contributed by atoms with van der Waals surface area (Å²) in [5.74, 6) is 0. The monoisotopic (exact) mass is 316 g/mol. The molecule has 0 nitrogen and oxygen atoms in total. The molecule has 0 unspecified atom stereocenters. The molecule has 124 valence electrons.